The summed E-state index contributed by atoms with van der Waals surface area (Å²) < 4.78 is 106. The minimum Gasteiger partial charge on any atom is -0.464 e. The summed E-state index contributed by atoms with van der Waals surface area (Å²) in [6.45, 7) is 21.9. The Morgan fingerprint density at radius 2 is 0.637 bits per heavy atom. The number of nitrogens with one attached hydrogen (secondary N) is 4. The van der Waals surface area contributed by atoms with E-state index in [0.717, 1.165) is 173 Å². The van der Waals surface area contributed by atoms with Crippen molar-refractivity contribution in [3.63, 3.8) is 0 Å². The molecule has 0 aliphatic heterocycles. The second-order valence-electron chi connectivity index (χ2n) is 35.9. The van der Waals surface area contributed by atoms with E-state index < -0.39 is 56.1 Å². The van der Waals surface area contributed by atoms with Gasteiger partial charge in [0.25, 0.3) is 22.2 Å². The van der Waals surface area contributed by atoms with Crippen LogP contribution in [0, 0.1) is 41.5 Å². The number of H-pyrrole nitrogens is 4. The largest absolute Gasteiger partial charge is 0.464 e. The number of nitrogens with zero attached hydrogens (tertiary/aromatic N) is 4. The second-order valence-corrected chi connectivity index (χ2v) is 38.2. The van der Waals surface area contributed by atoms with E-state index in [1.165, 1.54) is 42.0 Å². The van der Waals surface area contributed by atoms with E-state index in [2.05, 4.69) is 102 Å². The Hall–Kier alpha value is -16.0. The lowest BCUT2D eigenvalue weighted by Crippen LogP contribution is -2.22. The fraction of sp³-hybridized carbons (Fsp3) is 0.228. The van der Waals surface area contributed by atoms with Gasteiger partial charge in [0.2, 0.25) is 9.84 Å². The van der Waals surface area contributed by atoms with Gasteiger partial charge in [-0.3, -0.25) is 19.2 Å². The molecule has 0 atom stereocenters. The van der Waals surface area contributed by atoms with Crippen LogP contribution in [0.2, 0.25) is 0 Å². The Bertz CT molecular complexity index is 8070. The number of rotatable bonds is 20. The van der Waals surface area contributed by atoms with E-state index in [0.29, 0.717) is 96.5 Å². The number of fused-ring (bicyclic) bond motifs is 12. The molecule has 0 radical (unpaired) electrons. The third-order valence-electron chi connectivity index (χ3n) is 25.9. The van der Waals surface area contributed by atoms with E-state index in [1.54, 1.807) is 19.1 Å². The van der Waals surface area contributed by atoms with E-state index in [9.17, 15) is 46.8 Å². The van der Waals surface area contributed by atoms with Crippen LogP contribution in [0.15, 0.2) is 284 Å². The molecule has 8 heterocycles. The molecule has 20 rings (SSSR count). The van der Waals surface area contributed by atoms with Crippen molar-refractivity contribution >= 4 is 68.4 Å². The minimum atomic E-state index is -4.00. The number of carbonyl (C=O) groups excluding carboxylic acids is 4. The molecule has 0 bridgehead atoms. The number of benzene rings is 8. The second kappa shape index (κ2) is 47.9. The maximum Gasteiger partial charge on any atom is 0.355 e. The zero-order chi connectivity index (χ0) is 104. The molecular formula is C114H108N8O20S4. The van der Waals surface area contributed by atoms with Crippen LogP contribution in [-0.2, 0) is 141 Å². The summed E-state index contributed by atoms with van der Waals surface area (Å²) in [5, 5.41) is 0. The molecule has 0 saturated carbocycles. The molecule has 28 nitrogen and oxygen atoms in total. The number of aryl methyl sites for hydroxylation is 14. The molecule has 16 aromatic rings. The molecule has 8 aromatic carbocycles. The van der Waals surface area contributed by atoms with Crippen LogP contribution < -0.4 is 22.2 Å². The molecule has 4 aliphatic rings. The fourth-order valence-corrected chi connectivity index (χ4v) is 20.3. The summed E-state index contributed by atoms with van der Waals surface area (Å²) in [5.74, 6) is -1.50. The van der Waals surface area contributed by atoms with Crippen molar-refractivity contribution in [2.24, 2.45) is 0 Å². The number of carbonyl (C=O) groups is 4. The standard InChI is InChI=1S/C29H28N2O5S.2C29H28N2O3.C27H24N2O3.3O2S/c1-4-36-29(33)24-15-22-12-11-21-16-25(37(34,35)23-13-7-19(3)8-14-23)28(32)30-26(21)27(22)31(24)17-20-9-5-18(2)6-10-20;1-18(2)34-29(33)25-16-23-14-13-22-15-24(21-7-5-4-6-8-21)28(32)30-26(22)27(23)31(25)17-20-11-9-19(3)10-12-20;1-4-34-29(33)25-16-22-13-12-21-15-24(20-8-6-5-7-9-20)28(32)30-26(21)27(22)31(25)17-23-11-10-18(2)14-19(23)3;1-17-8-6-7-11-21(17)16-29-23(27(31)32-2)15-20-13-12-19-14-22(18-9-4-3-5-10-18)26(30)28-24(19)25(20)29;3*1-3-2/h5-10,13-16H,4,11-12,17H2,1-3H3,(H,30,32);4-12,15-16,18H,13-14,17H2,1-3H3,(H,30,32);5-11,14-16H,4,12-13,17H2,1-3H3,(H,30,32);3-11,14-15H,12-13,16H2,1-2H3,(H,28,30);;;. The molecule has 0 fully saturated rings. The summed E-state index contributed by atoms with van der Waals surface area (Å²) in [5.41, 5.74) is 31.0. The highest BCUT2D eigenvalue weighted by Gasteiger charge is 2.35. The monoisotopic (exact) mass is 2040 g/mol. The van der Waals surface area contributed by atoms with Gasteiger partial charge in [-0.15, -0.1) is 0 Å². The molecule has 8 aromatic heterocycles. The predicted molar refractivity (Wildman–Crippen MR) is 561 cm³/mol. The Kier molecular flexibility index (Phi) is 34.7. The zero-order valence-electron chi connectivity index (χ0n) is 82.3. The summed E-state index contributed by atoms with van der Waals surface area (Å²) in [6.07, 6.45) is 5.72. The van der Waals surface area contributed by atoms with Gasteiger partial charge < -0.3 is 57.2 Å². The van der Waals surface area contributed by atoms with Gasteiger partial charge in [-0.25, -0.2) is 27.6 Å². The van der Waals surface area contributed by atoms with Crippen molar-refractivity contribution in [1.29, 1.82) is 0 Å². The maximum absolute atomic E-state index is 13.3. The van der Waals surface area contributed by atoms with Crippen molar-refractivity contribution in [2.45, 2.75) is 163 Å². The number of methoxy groups -OCH3 is 1. The van der Waals surface area contributed by atoms with Crippen molar-refractivity contribution in [1.82, 2.24) is 38.2 Å². The smallest absolute Gasteiger partial charge is 0.355 e. The van der Waals surface area contributed by atoms with E-state index in [-0.39, 0.29) is 57.1 Å². The lowest BCUT2D eigenvalue weighted by atomic mass is 9.92. The van der Waals surface area contributed by atoms with Gasteiger partial charge in [-0.1, -0.05) is 216 Å². The average molecular weight is 2040 g/mol. The SMILES string of the molecule is CCOC(=O)c1cc2c(n1Cc1ccc(C)cc1)-c1[nH]c(=O)c(S(=O)(=O)c3ccc(C)cc3)cc1CC2.CCOC(=O)c1cc2c(n1Cc1ccc(C)cc1C)-c1[nH]c(=O)c(-c3ccccc3)cc1CC2.COC(=O)c1cc2c(n1Cc1ccccc1C)-c1[nH]c(=O)c(-c3ccccc3)cc1CC2.Cc1ccc(Cn2c(C(=O)OC(C)C)cc3c2-c2[nH]c(=O)c(-c4ccccc4)cc2CC3)cc1.O=S=O.O=S=O.O=S=O. The fourth-order valence-electron chi connectivity index (χ4n) is 18.9. The van der Waals surface area contributed by atoms with Gasteiger partial charge in [0.1, 0.15) is 27.7 Å². The number of aromatic amines is 4. The van der Waals surface area contributed by atoms with E-state index >= 15 is 0 Å². The van der Waals surface area contributed by atoms with Crippen LogP contribution in [0.3, 0.4) is 0 Å². The predicted octanol–water partition coefficient (Wildman–Crippen LogP) is 18.3. The molecule has 146 heavy (non-hydrogen) atoms. The van der Waals surface area contributed by atoms with E-state index in [4.69, 9.17) is 44.2 Å². The zero-order valence-corrected chi connectivity index (χ0v) is 85.6. The average Bonchev–Trinajstić information content (AvgIpc) is 1.56. The van der Waals surface area contributed by atoms with Crippen LogP contribution >= 0.6 is 0 Å². The summed E-state index contributed by atoms with van der Waals surface area (Å²) in [6, 6.07) is 81.4. The van der Waals surface area contributed by atoms with Gasteiger partial charge in [-0.2, -0.15) is 25.3 Å². The molecule has 748 valence electrons. The summed E-state index contributed by atoms with van der Waals surface area (Å²) >= 11 is -2.25. The highest BCUT2D eigenvalue weighted by Crippen LogP contribution is 2.43. The first-order chi connectivity index (χ1) is 70.3. The topological polar surface area (TPSA) is 393 Å². The third-order valence-corrected chi connectivity index (χ3v) is 27.7. The maximum atomic E-state index is 13.3. The molecule has 4 aliphatic carbocycles. The van der Waals surface area contributed by atoms with Gasteiger partial charge >= 0.3 is 58.6 Å². The Morgan fingerprint density at radius 3 is 0.979 bits per heavy atom. The van der Waals surface area contributed by atoms with Crippen molar-refractivity contribution < 1.29 is 71.8 Å². The number of sulfone groups is 1. The highest BCUT2D eigenvalue weighted by molar-refractivity contribution is 7.91. The van der Waals surface area contributed by atoms with Crippen molar-refractivity contribution in [3.05, 3.63) is 419 Å². The molecule has 32 heteroatoms. The summed E-state index contributed by atoms with van der Waals surface area (Å²) in [4.78, 5) is 116. The lowest BCUT2D eigenvalue weighted by Gasteiger charge is -2.21. The quantitative estimate of drug-likeness (QED) is 0.0407. The number of esters is 4. The number of aromatic nitrogens is 8. The van der Waals surface area contributed by atoms with Crippen molar-refractivity contribution in [2.75, 3.05) is 20.3 Å². The van der Waals surface area contributed by atoms with Crippen LogP contribution in [0.4, 0.5) is 0 Å². The minimum absolute atomic E-state index is 0.0763. The molecule has 0 unspecified atom stereocenters. The molecule has 4 N–H and O–H groups in total. The Morgan fingerprint density at radius 1 is 0.336 bits per heavy atom. The third kappa shape index (κ3) is 23.9. The molecular weight excluding hydrogens is 1930 g/mol. The first-order valence-corrected chi connectivity index (χ1v) is 50.9. The summed E-state index contributed by atoms with van der Waals surface area (Å²) in [7, 11) is -2.60. The Labute approximate surface area is 853 Å². The highest BCUT2D eigenvalue weighted by atomic mass is 32.2. The number of hydrogen-bond donors (Lipinski definition) is 4. The van der Waals surface area contributed by atoms with Crippen LogP contribution in [-0.4, -0.2) is 122 Å². The van der Waals surface area contributed by atoms with Gasteiger partial charge in [0, 0.05) is 42.9 Å². The molecule has 0 saturated heterocycles. The van der Waals surface area contributed by atoms with Gasteiger partial charge in [-0.05, 0) is 276 Å². The number of pyridine rings is 4. The van der Waals surface area contributed by atoms with Crippen LogP contribution in [0.25, 0.3) is 78.9 Å². The first kappa shape index (κ1) is 106. The molecule has 0 spiro atoms. The lowest BCUT2D eigenvalue weighted by molar-refractivity contribution is 0.0364. The van der Waals surface area contributed by atoms with Gasteiger partial charge in [0.05, 0.1) is 76.9 Å². The Balaban J connectivity index is 0.000000150. The number of hydrogen-bond acceptors (Lipinski definition) is 20. The normalized spacial score (nSPS) is 11.8. The number of ether oxygens (including phenoxy) is 4. The van der Waals surface area contributed by atoms with Crippen LogP contribution in [0.1, 0.15) is 170 Å². The van der Waals surface area contributed by atoms with Crippen LogP contribution in [0.5, 0.6) is 0 Å². The van der Waals surface area contributed by atoms with Crippen molar-refractivity contribution in [3.8, 4) is 78.9 Å². The van der Waals surface area contributed by atoms with Gasteiger partial charge in [0.15, 0.2) is 0 Å². The molecule has 0 amide bonds. The van der Waals surface area contributed by atoms with E-state index in [1.807, 2.05) is 223 Å². The first-order valence-electron chi connectivity index (χ1n) is 47.4.